The fourth-order valence-corrected chi connectivity index (χ4v) is 2.02. The predicted molar refractivity (Wildman–Crippen MR) is 76.5 cm³/mol. The summed E-state index contributed by atoms with van der Waals surface area (Å²) in [5.74, 6) is 1.33. The van der Waals surface area contributed by atoms with Gasteiger partial charge in [0.1, 0.15) is 6.10 Å². The van der Waals surface area contributed by atoms with Gasteiger partial charge in [0.25, 0.3) is 0 Å². The first-order valence-corrected chi connectivity index (χ1v) is 6.75. The van der Waals surface area contributed by atoms with Gasteiger partial charge in [-0.1, -0.05) is 42.4 Å². The highest BCUT2D eigenvalue weighted by atomic mass is 16.5. The van der Waals surface area contributed by atoms with E-state index in [1.807, 2.05) is 37.4 Å². The van der Waals surface area contributed by atoms with Gasteiger partial charge in [-0.15, -0.1) is 0 Å². The van der Waals surface area contributed by atoms with E-state index in [4.69, 9.17) is 9.26 Å². The summed E-state index contributed by atoms with van der Waals surface area (Å²) in [6.07, 6.45) is -0.300. The molecule has 1 N–H and O–H groups in total. The third-order valence-corrected chi connectivity index (χ3v) is 3.62. The van der Waals surface area contributed by atoms with Crippen LogP contribution in [0.2, 0.25) is 0 Å². The van der Waals surface area contributed by atoms with E-state index in [2.05, 4.69) is 29.3 Å². The Morgan fingerprint density at radius 3 is 2.50 bits per heavy atom. The molecule has 0 spiro atoms. The molecule has 20 heavy (non-hydrogen) atoms. The molecule has 108 valence electrons. The van der Waals surface area contributed by atoms with Crippen LogP contribution in [0.1, 0.15) is 43.1 Å². The summed E-state index contributed by atoms with van der Waals surface area (Å²) in [6.45, 7) is 4.14. The number of benzene rings is 1. The highest BCUT2D eigenvalue weighted by Gasteiger charge is 2.24. The number of hydrogen-bond acceptors (Lipinski definition) is 5. The van der Waals surface area contributed by atoms with Crippen LogP contribution in [0.25, 0.3) is 0 Å². The summed E-state index contributed by atoms with van der Waals surface area (Å²) in [4.78, 5) is 4.48. The minimum atomic E-state index is -0.300. The maximum absolute atomic E-state index is 5.50. The summed E-state index contributed by atoms with van der Waals surface area (Å²) in [5.41, 5.74) is 1.01. The zero-order chi connectivity index (χ0) is 14.5. The number of methoxy groups -OCH3 is 1. The van der Waals surface area contributed by atoms with Gasteiger partial charge in [0.05, 0.1) is 5.92 Å². The van der Waals surface area contributed by atoms with E-state index in [-0.39, 0.29) is 18.1 Å². The van der Waals surface area contributed by atoms with Gasteiger partial charge in [-0.05, 0) is 19.5 Å². The molecule has 1 aromatic heterocycles. The van der Waals surface area contributed by atoms with Gasteiger partial charge in [0.15, 0.2) is 0 Å². The van der Waals surface area contributed by atoms with Crippen molar-refractivity contribution >= 4 is 0 Å². The van der Waals surface area contributed by atoms with Gasteiger partial charge < -0.3 is 14.6 Å². The monoisotopic (exact) mass is 275 g/mol. The van der Waals surface area contributed by atoms with E-state index in [9.17, 15) is 0 Å². The Morgan fingerprint density at radius 2 is 1.90 bits per heavy atom. The number of nitrogens with zero attached hydrogens (tertiary/aromatic N) is 2. The second-order valence-corrected chi connectivity index (χ2v) is 4.88. The Morgan fingerprint density at radius 1 is 1.20 bits per heavy atom. The SMILES string of the molecule is CNC(C)C(C)c1nc(C(OC)c2ccccc2)no1. The van der Waals surface area contributed by atoms with Crippen molar-refractivity contribution in [3.63, 3.8) is 0 Å². The van der Waals surface area contributed by atoms with Crippen LogP contribution < -0.4 is 5.32 Å². The average Bonchev–Trinajstić information content (AvgIpc) is 2.97. The molecular weight excluding hydrogens is 254 g/mol. The molecule has 0 saturated carbocycles. The molecule has 2 rings (SSSR count). The molecule has 2 aromatic rings. The second kappa shape index (κ2) is 6.63. The number of nitrogens with one attached hydrogen (secondary N) is 1. The van der Waals surface area contributed by atoms with Crippen LogP contribution in [0.3, 0.4) is 0 Å². The van der Waals surface area contributed by atoms with Gasteiger partial charge in [0.2, 0.25) is 11.7 Å². The second-order valence-electron chi connectivity index (χ2n) is 4.88. The van der Waals surface area contributed by atoms with Crippen LogP contribution in [0.15, 0.2) is 34.9 Å². The quantitative estimate of drug-likeness (QED) is 0.877. The van der Waals surface area contributed by atoms with Crippen molar-refractivity contribution in [3.8, 4) is 0 Å². The van der Waals surface area contributed by atoms with Crippen molar-refractivity contribution in [2.45, 2.75) is 31.9 Å². The lowest BCUT2D eigenvalue weighted by atomic mass is 10.0. The first kappa shape index (κ1) is 14.7. The van der Waals surface area contributed by atoms with Gasteiger partial charge >= 0.3 is 0 Å². The molecule has 0 aliphatic carbocycles. The summed E-state index contributed by atoms with van der Waals surface area (Å²) in [5, 5.41) is 7.25. The Hall–Kier alpha value is -1.72. The van der Waals surface area contributed by atoms with Crippen molar-refractivity contribution in [1.82, 2.24) is 15.5 Å². The maximum atomic E-state index is 5.50. The summed E-state index contributed by atoms with van der Waals surface area (Å²) >= 11 is 0. The third-order valence-electron chi connectivity index (χ3n) is 3.62. The van der Waals surface area contributed by atoms with Crippen LogP contribution >= 0.6 is 0 Å². The van der Waals surface area contributed by atoms with Crippen LogP contribution in [-0.2, 0) is 4.74 Å². The average molecular weight is 275 g/mol. The molecule has 5 heteroatoms. The smallest absolute Gasteiger partial charge is 0.231 e. The molecule has 0 amide bonds. The molecule has 0 bridgehead atoms. The van der Waals surface area contributed by atoms with Gasteiger partial charge in [0, 0.05) is 13.2 Å². The number of ether oxygens (including phenoxy) is 1. The van der Waals surface area contributed by atoms with Crippen LogP contribution in [0.4, 0.5) is 0 Å². The Bertz CT molecular complexity index is 527. The normalized spacial score (nSPS) is 15.8. The molecule has 3 unspecified atom stereocenters. The number of rotatable bonds is 6. The molecule has 0 fully saturated rings. The highest BCUT2D eigenvalue weighted by molar-refractivity contribution is 5.22. The molecule has 1 heterocycles. The summed E-state index contributed by atoms with van der Waals surface area (Å²) in [6, 6.07) is 10.1. The van der Waals surface area contributed by atoms with Crippen molar-refractivity contribution in [2.75, 3.05) is 14.2 Å². The molecule has 1 aromatic carbocycles. The van der Waals surface area contributed by atoms with Crippen LogP contribution in [-0.4, -0.2) is 30.3 Å². The fraction of sp³-hybridized carbons (Fsp3) is 0.467. The van der Waals surface area contributed by atoms with E-state index in [0.717, 1.165) is 5.56 Å². The van der Waals surface area contributed by atoms with Crippen molar-refractivity contribution in [1.29, 1.82) is 0 Å². The summed E-state index contributed by atoms with van der Waals surface area (Å²) in [7, 11) is 3.56. The largest absolute Gasteiger partial charge is 0.369 e. The molecule has 0 radical (unpaired) electrons. The van der Waals surface area contributed by atoms with E-state index in [1.54, 1.807) is 7.11 Å². The lowest BCUT2D eigenvalue weighted by molar-refractivity contribution is 0.126. The molecular formula is C15H21N3O2. The van der Waals surface area contributed by atoms with Crippen LogP contribution in [0, 0.1) is 0 Å². The van der Waals surface area contributed by atoms with Crippen molar-refractivity contribution < 1.29 is 9.26 Å². The van der Waals surface area contributed by atoms with E-state index >= 15 is 0 Å². The Kier molecular flexibility index (Phi) is 4.87. The van der Waals surface area contributed by atoms with E-state index in [0.29, 0.717) is 11.7 Å². The minimum Gasteiger partial charge on any atom is -0.369 e. The molecule has 0 saturated heterocycles. The zero-order valence-electron chi connectivity index (χ0n) is 12.3. The van der Waals surface area contributed by atoms with Gasteiger partial charge in [-0.2, -0.15) is 4.98 Å². The maximum Gasteiger partial charge on any atom is 0.231 e. The predicted octanol–water partition coefficient (Wildman–Crippen LogP) is 2.52. The fourth-order valence-electron chi connectivity index (χ4n) is 2.02. The van der Waals surface area contributed by atoms with Gasteiger partial charge in [-0.3, -0.25) is 0 Å². The van der Waals surface area contributed by atoms with Crippen molar-refractivity contribution in [3.05, 3.63) is 47.6 Å². The minimum absolute atomic E-state index is 0.148. The summed E-state index contributed by atoms with van der Waals surface area (Å²) < 4.78 is 10.9. The molecule has 3 atom stereocenters. The Labute approximate surface area is 119 Å². The van der Waals surface area contributed by atoms with Gasteiger partial charge in [-0.25, -0.2) is 0 Å². The number of hydrogen-bond donors (Lipinski definition) is 1. The third kappa shape index (κ3) is 3.05. The first-order chi connectivity index (χ1) is 9.67. The zero-order valence-corrected chi connectivity index (χ0v) is 12.3. The lowest BCUT2D eigenvalue weighted by Crippen LogP contribution is -2.27. The Balaban J connectivity index is 2.23. The van der Waals surface area contributed by atoms with E-state index < -0.39 is 0 Å². The van der Waals surface area contributed by atoms with Crippen molar-refractivity contribution in [2.24, 2.45) is 0 Å². The molecule has 0 aliphatic heterocycles. The number of aromatic nitrogens is 2. The first-order valence-electron chi connectivity index (χ1n) is 6.75. The topological polar surface area (TPSA) is 60.2 Å². The molecule has 0 aliphatic rings. The van der Waals surface area contributed by atoms with Crippen LogP contribution in [0.5, 0.6) is 0 Å². The lowest BCUT2D eigenvalue weighted by Gasteiger charge is -2.14. The standard InChI is InChI=1S/C15H21N3O2/c1-10(11(2)16-3)15-17-14(18-20-15)13(19-4)12-8-6-5-7-9-12/h5-11,13,16H,1-4H3. The van der Waals surface area contributed by atoms with E-state index in [1.165, 1.54) is 0 Å². The molecule has 5 nitrogen and oxygen atoms in total. The highest BCUT2D eigenvalue weighted by Crippen LogP contribution is 2.25. The number of likely N-dealkylation sites (N-methyl/N-ethyl adjacent to an activating group) is 1.